The fourth-order valence-corrected chi connectivity index (χ4v) is 3.90. The Balaban J connectivity index is 2.14. The van der Waals surface area contributed by atoms with Gasteiger partial charge >= 0.3 is 0 Å². The van der Waals surface area contributed by atoms with Gasteiger partial charge in [0.2, 0.25) is 10.0 Å². The van der Waals surface area contributed by atoms with Crippen molar-refractivity contribution in [2.24, 2.45) is 0 Å². The van der Waals surface area contributed by atoms with Gasteiger partial charge in [0.1, 0.15) is 5.82 Å². The summed E-state index contributed by atoms with van der Waals surface area (Å²) in [6, 6.07) is 3.87. The lowest BCUT2D eigenvalue weighted by molar-refractivity contribution is 0.108. The van der Waals surface area contributed by atoms with Gasteiger partial charge < -0.3 is 5.11 Å². The number of benzene rings is 1. The molecule has 0 radical (unpaired) electrons. The van der Waals surface area contributed by atoms with Crippen molar-refractivity contribution >= 4 is 21.6 Å². The van der Waals surface area contributed by atoms with E-state index in [0.29, 0.717) is 24.9 Å². The maximum Gasteiger partial charge on any atom is 0.218 e. The minimum Gasteiger partial charge on any atom is -0.392 e. The summed E-state index contributed by atoms with van der Waals surface area (Å²) in [4.78, 5) is 0. The van der Waals surface area contributed by atoms with Crippen LogP contribution in [0.1, 0.15) is 18.4 Å². The van der Waals surface area contributed by atoms with E-state index in [4.69, 9.17) is 11.6 Å². The number of piperidine rings is 1. The third-order valence-corrected chi connectivity index (χ3v) is 5.19. The molecular formula is C12H15ClFNO3S. The number of hydrogen-bond acceptors (Lipinski definition) is 3. The molecule has 2 rings (SSSR count). The molecule has 1 aliphatic heterocycles. The first-order valence-corrected chi connectivity index (χ1v) is 7.97. The summed E-state index contributed by atoms with van der Waals surface area (Å²) < 4.78 is 38.6. The number of nitrogens with zero attached hydrogens (tertiary/aromatic N) is 1. The summed E-state index contributed by atoms with van der Waals surface area (Å²) in [6.07, 6.45) is 0.652. The molecule has 1 atom stereocenters. The first kappa shape index (κ1) is 14.7. The lowest BCUT2D eigenvalue weighted by Gasteiger charge is -2.29. The second-order valence-corrected chi connectivity index (χ2v) is 7.03. The molecule has 0 bridgehead atoms. The first-order chi connectivity index (χ1) is 8.88. The molecule has 1 saturated heterocycles. The predicted octanol–water partition coefficient (Wildman–Crippen LogP) is 1.77. The highest BCUT2D eigenvalue weighted by molar-refractivity contribution is 7.88. The molecule has 1 aromatic rings. The monoisotopic (exact) mass is 307 g/mol. The zero-order chi connectivity index (χ0) is 14.0. The second kappa shape index (κ2) is 5.75. The molecule has 0 saturated carbocycles. The molecule has 0 amide bonds. The van der Waals surface area contributed by atoms with E-state index in [9.17, 15) is 17.9 Å². The van der Waals surface area contributed by atoms with Crippen molar-refractivity contribution in [3.05, 3.63) is 34.6 Å². The molecule has 4 nitrogen and oxygen atoms in total. The molecule has 1 fully saturated rings. The molecule has 0 aromatic heterocycles. The van der Waals surface area contributed by atoms with Gasteiger partial charge in [0.25, 0.3) is 0 Å². The minimum absolute atomic E-state index is 0.0913. The summed E-state index contributed by atoms with van der Waals surface area (Å²) >= 11 is 5.63. The largest absolute Gasteiger partial charge is 0.392 e. The van der Waals surface area contributed by atoms with Crippen LogP contribution in [0.3, 0.4) is 0 Å². The lowest BCUT2D eigenvalue weighted by Crippen LogP contribution is -2.42. The fourth-order valence-electron chi connectivity index (χ4n) is 2.10. The maximum absolute atomic E-state index is 13.0. The van der Waals surface area contributed by atoms with Crippen LogP contribution in [0.15, 0.2) is 18.2 Å². The van der Waals surface area contributed by atoms with Crippen molar-refractivity contribution in [1.82, 2.24) is 4.31 Å². The van der Waals surface area contributed by atoms with Crippen molar-refractivity contribution in [3.63, 3.8) is 0 Å². The number of rotatable bonds is 3. The highest BCUT2D eigenvalue weighted by Gasteiger charge is 2.28. The van der Waals surface area contributed by atoms with Gasteiger partial charge in [-0.1, -0.05) is 17.7 Å². The predicted molar refractivity (Wildman–Crippen MR) is 70.8 cm³/mol. The standard InChI is InChI=1S/C12H15ClFNO3S/c13-11-6-9(3-4-12(11)14)8-19(17,18)15-5-1-2-10(16)7-15/h3-4,6,10,16H,1-2,5,7-8H2. The van der Waals surface area contributed by atoms with Crippen LogP contribution in [0.2, 0.25) is 5.02 Å². The van der Waals surface area contributed by atoms with Crippen LogP contribution < -0.4 is 0 Å². The average molecular weight is 308 g/mol. The Hall–Kier alpha value is -0.690. The van der Waals surface area contributed by atoms with Crippen molar-refractivity contribution in [2.75, 3.05) is 13.1 Å². The van der Waals surface area contributed by atoms with E-state index in [1.807, 2.05) is 0 Å². The van der Waals surface area contributed by atoms with Crippen LogP contribution in [0.5, 0.6) is 0 Å². The van der Waals surface area contributed by atoms with E-state index in [2.05, 4.69) is 0 Å². The van der Waals surface area contributed by atoms with E-state index < -0.39 is 21.9 Å². The number of aliphatic hydroxyl groups excluding tert-OH is 1. The van der Waals surface area contributed by atoms with Gasteiger partial charge in [-0.05, 0) is 30.5 Å². The zero-order valence-corrected chi connectivity index (χ0v) is 11.8. The van der Waals surface area contributed by atoms with Crippen LogP contribution in [-0.2, 0) is 15.8 Å². The summed E-state index contributed by atoms with van der Waals surface area (Å²) in [5, 5.41) is 9.42. The lowest BCUT2D eigenvalue weighted by atomic mass is 10.1. The smallest absolute Gasteiger partial charge is 0.218 e. The second-order valence-electron chi connectivity index (χ2n) is 4.66. The summed E-state index contributed by atoms with van der Waals surface area (Å²) in [5.41, 5.74) is 0.437. The third-order valence-electron chi connectivity index (χ3n) is 3.09. The van der Waals surface area contributed by atoms with E-state index in [-0.39, 0.29) is 17.3 Å². The maximum atomic E-state index is 13.0. The normalized spacial score (nSPS) is 21.5. The fraction of sp³-hybridized carbons (Fsp3) is 0.500. The molecule has 0 spiro atoms. The number of β-amino-alcohol motifs (C(OH)–C–C–N with tert-alkyl or cyclic N) is 1. The topological polar surface area (TPSA) is 57.6 Å². The van der Waals surface area contributed by atoms with E-state index >= 15 is 0 Å². The SMILES string of the molecule is O=S(=O)(Cc1ccc(F)c(Cl)c1)N1CCCC(O)C1. The van der Waals surface area contributed by atoms with E-state index in [1.165, 1.54) is 16.4 Å². The number of aliphatic hydroxyl groups is 1. The Bertz CT molecular complexity index is 564. The number of sulfonamides is 1. The Morgan fingerprint density at radius 2 is 2.21 bits per heavy atom. The summed E-state index contributed by atoms with van der Waals surface area (Å²) in [6.45, 7) is 0.533. The van der Waals surface area contributed by atoms with Crippen LogP contribution >= 0.6 is 11.6 Å². The molecule has 7 heteroatoms. The summed E-state index contributed by atoms with van der Waals surface area (Å²) in [7, 11) is -3.51. The molecule has 19 heavy (non-hydrogen) atoms. The Morgan fingerprint density at radius 1 is 1.47 bits per heavy atom. The van der Waals surface area contributed by atoms with Crippen LogP contribution in [-0.4, -0.2) is 37.0 Å². The highest BCUT2D eigenvalue weighted by atomic mass is 35.5. The molecule has 106 valence electrons. The van der Waals surface area contributed by atoms with Crippen molar-refractivity contribution in [1.29, 1.82) is 0 Å². The number of halogens is 2. The van der Waals surface area contributed by atoms with E-state index in [0.717, 1.165) is 6.07 Å². The minimum atomic E-state index is -3.51. The van der Waals surface area contributed by atoms with Gasteiger partial charge in [0.15, 0.2) is 0 Å². The van der Waals surface area contributed by atoms with Crippen molar-refractivity contribution in [3.8, 4) is 0 Å². The van der Waals surface area contributed by atoms with Gasteiger partial charge in [0.05, 0.1) is 16.9 Å². The van der Waals surface area contributed by atoms with E-state index in [1.54, 1.807) is 0 Å². The van der Waals surface area contributed by atoms with Gasteiger partial charge in [-0.3, -0.25) is 0 Å². The van der Waals surface area contributed by atoms with Gasteiger partial charge in [-0.15, -0.1) is 0 Å². The molecular weight excluding hydrogens is 293 g/mol. The third kappa shape index (κ3) is 3.66. The molecule has 1 heterocycles. The van der Waals surface area contributed by atoms with Crippen LogP contribution in [0.25, 0.3) is 0 Å². The van der Waals surface area contributed by atoms with Crippen LogP contribution in [0.4, 0.5) is 4.39 Å². The first-order valence-electron chi connectivity index (χ1n) is 5.98. The van der Waals surface area contributed by atoms with Gasteiger partial charge in [0, 0.05) is 13.1 Å². The Morgan fingerprint density at radius 3 is 2.84 bits per heavy atom. The molecule has 1 N–H and O–H groups in total. The molecule has 0 aliphatic carbocycles. The molecule has 1 aliphatic rings. The van der Waals surface area contributed by atoms with Crippen LogP contribution in [0, 0.1) is 5.82 Å². The van der Waals surface area contributed by atoms with Gasteiger partial charge in [-0.25, -0.2) is 12.8 Å². The Kier molecular flexibility index (Phi) is 4.45. The number of hydrogen-bond donors (Lipinski definition) is 1. The van der Waals surface area contributed by atoms with Crippen molar-refractivity contribution in [2.45, 2.75) is 24.7 Å². The molecule has 1 unspecified atom stereocenters. The zero-order valence-electron chi connectivity index (χ0n) is 10.2. The Labute approximate surface area is 116 Å². The quantitative estimate of drug-likeness (QED) is 0.926. The summed E-state index contributed by atoms with van der Waals surface area (Å²) in [5.74, 6) is -0.809. The highest BCUT2D eigenvalue weighted by Crippen LogP contribution is 2.21. The average Bonchev–Trinajstić information content (AvgIpc) is 2.33. The van der Waals surface area contributed by atoms with Gasteiger partial charge in [-0.2, -0.15) is 4.31 Å². The van der Waals surface area contributed by atoms with Crippen molar-refractivity contribution < 1.29 is 17.9 Å². The molecule has 1 aromatic carbocycles.